The zero-order valence-corrected chi connectivity index (χ0v) is 20.1. The van der Waals surface area contributed by atoms with Crippen LogP contribution in [0.25, 0.3) is 0 Å². The zero-order chi connectivity index (χ0) is 22.3. The van der Waals surface area contributed by atoms with E-state index in [4.69, 9.17) is 11.6 Å². The van der Waals surface area contributed by atoms with Gasteiger partial charge in [-0.2, -0.15) is 0 Å². The molecule has 169 valence electrons. The summed E-state index contributed by atoms with van der Waals surface area (Å²) in [5.41, 5.74) is 3.07. The fourth-order valence-electron chi connectivity index (χ4n) is 3.81. The molecule has 2 rings (SSSR count). The number of hydrogen-bond donors (Lipinski definition) is 1. The number of benzene rings is 2. The Morgan fingerprint density at radius 1 is 0.839 bits per heavy atom. The summed E-state index contributed by atoms with van der Waals surface area (Å²) < 4.78 is 0. The van der Waals surface area contributed by atoms with Crippen molar-refractivity contribution in [3.8, 4) is 0 Å². The molecular weight excluding hydrogens is 402 g/mol. The van der Waals surface area contributed by atoms with Crippen LogP contribution in [0.15, 0.2) is 48.5 Å². The molecule has 2 nitrogen and oxygen atoms in total. The highest BCUT2D eigenvalue weighted by Gasteiger charge is 2.09. The molecule has 1 amide bonds. The molecule has 0 aliphatic carbocycles. The van der Waals surface area contributed by atoms with Gasteiger partial charge in [0.1, 0.15) is 0 Å². The lowest BCUT2D eigenvalue weighted by Gasteiger charge is -2.12. The summed E-state index contributed by atoms with van der Waals surface area (Å²) in [5.74, 6) is 0.307. The number of hydrogen-bond acceptors (Lipinski definition) is 1. The van der Waals surface area contributed by atoms with E-state index >= 15 is 0 Å². The molecule has 0 saturated carbocycles. The molecule has 0 aromatic heterocycles. The molecule has 0 heterocycles. The Morgan fingerprint density at radius 3 is 1.97 bits per heavy atom. The first-order valence-electron chi connectivity index (χ1n) is 12.1. The minimum absolute atomic E-state index is 0.0215. The minimum Gasteiger partial charge on any atom is -0.352 e. The topological polar surface area (TPSA) is 29.1 Å². The van der Waals surface area contributed by atoms with Gasteiger partial charge in [0.15, 0.2) is 0 Å². The van der Waals surface area contributed by atoms with E-state index in [1.54, 1.807) is 0 Å². The van der Waals surface area contributed by atoms with Crippen molar-refractivity contribution in [1.82, 2.24) is 5.32 Å². The third-order valence-electron chi connectivity index (χ3n) is 5.83. The smallest absolute Gasteiger partial charge is 0.251 e. The van der Waals surface area contributed by atoms with Crippen LogP contribution in [0.3, 0.4) is 0 Å². The standard InChI is InChI=1S/C28H39ClNO/c1-3-4-5-6-7-8-9-10-11-12-21-30-28(31)26-15-13-24(14-16-26)22-23(2)25-17-19-27(29)20-18-25/h13-20,22-23H,3-12,21H2,1-2H3,(H,30,31)/t23-/m1/s1. The van der Waals surface area contributed by atoms with Crippen molar-refractivity contribution < 1.29 is 4.79 Å². The van der Waals surface area contributed by atoms with Gasteiger partial charge in [-0.05, 0) is 54.2 Å². The van der Waals surface area contributed by atoms with E-state index in [0.717, 1.165) is 29.1 Å². The Hall–Kier alpha value is -1.80. The third kappa shape index (κ3) is 10.4. The third-order valence-corrected chi connectivity index (χ3v) is 6.08. The number of rotatable bonds is 15. The molecule has 1 N–H and O–H groups in total. The second-order valence-corrected chi connectivity index (χ2v) is 9.00. The summed E-state index contributed by atoms with van der Waals surface area (Å²) in [7, 11) is 0. The van der Waals surface area contributed by atoms with Crippen LogP contribution in [-0.2, 0) is 0 Å². The van der Waals surface area contributed by atoms with E-state index in [9.17, 15) is 4.79 Å². The van der Waals surface area contributed by atoms with E-state index in [-0.39, 0.29) is 11.8 Å². The lowest BCUT2D eigenvalue weighted by Crippen LogP contribution is -2.24. The van der Waals surface area contributed by atoms with Gasteiger partial charge in [-0.1, -0.05) is 108 Å². The van der Waals surface area contributed by atoms with Crippen LogP contribution in [0.4, 0.5) is 0 Å². The van der Waals surface area contributed by atoms with Crippen molar-refractivity contribution in [2.24, 2.45) is 0 Å². The fourth-order valence-corrected chi connectivity index (χ4v) is 3.94. The van der Waals surface area contributed by atoms with Gasteiger partial charge in [0.25, 0.3) is 5.91 Å². The monoisotopic (exact) mass is 440 g/mol. The highest BCUT2D eigenvalue weighted by Crippen LogP contribution is 2.24. The summed E-state index contributed by atoms with van der Waals surface area (Å²) in [6, 6.07) is 15.8. The van der Waals surface area contributed by atoms with Gasteiger partial charge in [0.05, 0.1) is 0 Å². The SMILES string of the molecule is CCCCCCCCCCCCNC(=O)c1ccc([CH][C@@H](C)c2ccc(Cl)cc2)cc1. The lowest BCUT2D eigenvalue weighted by atomic mass is 9.93. The first-order valence-corrected chi connectivity index (χ1v) is 12.5. The van der Waals surface area contributed by atoms with Gasteiger partial charge in [-0.25, -0.2) is 0 Å². The largest absolute Gasteiger partial charge is 0.352 e. The molecule has 0 aliphatic rings. The molecule has 2 aromatic rings. The average Bonchev–Trinajstić information content (AvgIpc) is 2.78. The van der Waals surface area contributed by atoms with E-state index in [2.05, 4.69) is 37.7 Å². The van der Waals surface area contributed by atoms with Crippen molar-refractivity contribution in [2.45, 2.75) is 84.0 Å². The van der Waals surface area contributed by atoms with Crippen molar-refractivity contribution >= 4 is 17.5 Å². The Labute approximate surface area is 194 Å². The van der Waals surface area contributed by atoms with Gasteiger partial charge >= 0.3 is 0 Å². The summed E-state index contributed by atoms with van der Waals surface area (Å²) >= 11 is 5.97. The Morgan fingerprint density at radius 2 is 1.39 bits per heavy atom. The molecule has 31 heavy (non-hydrogen) atoms. The molecule has 0 saturated heterocycles. The maximum absolute atomic E-state index is 12.4. The lowest BCUT2D eigenvalue weighted by molar-refractivity contribution is 0.0953. The maximum atomic E-state index is 12.4. The quantitative estimate of drug-likeness (QED) is 0.277. The predicted octanol–water partition coefficient (Wildman–Crippen LogP) is 8.35. The fraction of sp³-hybridized carbons (Fsp3) is 0.500. The summed E-state index contributed by atoms with van der Waals surface area (Å²) in [6.45, 7) is 5.18. The van der Waals surface area contributed by atoms with Crippen molar-refractivity contribution in [3.63, 3.8) is 0 Å². The summed E-state index contributed by atoms with van der Waals surface area (Å²) in [4.78, 5) is 12.4. The molecule has 0 bridgehead atoms. The first-order chi connectivity index (χ1) is 15.1. The predicted molar refractivity (Wildman–Crippen MR) is 134 cm³/mol. The van der Waals surface area contributed by atoms with Crippen LogP contribution in [0, 0.1) is 6.42 Å². The van der Waals surface area contributed by atoms with E-state index < -0.39 is 0 Å². The highest BCUT2D eigenvalue weighted by atomic mass is 35.5. The molecule has 1 atom stereocenters. The molecule has 1 radical (unpaired) electrons. The Kier molecular flexibility index (Phi) is 12.4. The summed E-state index contributed by atoms with van der Waals surface area (Å²) in [5, 5.41) is 3.81. The van der Waals surface area contributed by atoms with E-state index in [1.165, 1.54) is 63.4 Å². The molecule has 0 unspecified atom stereocenters. The van der Waals surface area contributed by atoms with Crippen LogP contribution < -0.4 is 5.32 Å². The molecule has 2 aromatic carbocycles. The number of unbranched alkanes of at least 4 members (excludes halogenated alkanes) is 9. The maximum Gasteiger partial charge on any atom is 0.251 e. The number of nitrogens with one attached hydrogen (secondary N) is 1. The molecular formula is C28H39ClNO. The number of amides is 1. The Balaban J connectivity index is 1.59. The second-order valence-electron chi connectivity index (χ2n) is 8.57. The van der Waals surface area contributed by atoms with Crippen LogP contribution in [0.1, 0.15) is 105 Å². The average molecular weight is 441 g/mol. The Bertz CT molecular complexity index is 739. The van der Waals surface area contributed by atoms with E-state index in [1.807, 2.05) is 36.4 Å². The highest BCUT2D eigenvalue weighted by molar-refractivity contribution is 6.30. The van der Waals surface area contributed by atoms with Crippen LogP contribution in [-0.4, -0.2) is 12.5 Å². The minimum atomic E-state index is 0.0215. The second kappa shape index (κ2) is 15.1. The normalized spacial score (nSPS) is 12.0. The number of halogens is 1. The molecule has 3 heteroatoms. The molecule has 0 fully saturated rings. The van der Waals surface area contributed by atoms with Crippen LogP contribution >= 0.6 is 11.6 Å². The van der Waals surface area contributed by atoms with Crippen molar-refractivity contribution in [2.75, 3.05) is 6.54 Å². The summed E-state index contributed by atoms with van der Waals surface area (Å²) in [6.07, 6.45) is 15.3. The van der Waals surface area contributed by atoms with Crippen molar-refractivity contribution in [3.05, 3.63) is 76.7 Å². The van der Waals surface area contributed by atoms with Gasteiger partial charge < -0.3 is 5.32 Å². The molecule has 0 aliphatic heterocycles. The first kappa shape index (κ1) is 25.5. The van der Waals surface area contributed by atoms with E-state index in [0.29, 0.717) is 0 Å². The molecule has 0 spiro atoms. The van der Waals surface area contributed by atoms with Crippen LogP contribution in [0.2, 0.25) is 5.02 Å². The van der Waals surface area contributed by atoms with Crippen LogP contribution in [0.5, 0.6) is 0 Å². The number of carbonyl (C=O) groups is 1. The van der Waals surface area contributed by atoms with Gasteiger partial charge in [0.2, 0.25) is 0 Å². The van der Waals surface area contributed by atoms with Gasteiger partial charge in [0, 0.05) is 17.1 Å². The van der Waals surface area contributed by atoms with Gasteiger partial charge in [-0.15, -0.1) is 0 Å². The zero-order valence-electron chi connectivity index (χ0n) is 19.3. The van der Waals surface area contributed by atoms with Gasteiger partial charge in [-0.3, -0.25) is 4.79 Å². The van der Waals surface area contributed by atoms with Crippen molar-refractivity contribution in [1.29, 1.82) is 0 Å². The number of carbonyl (C=O) groups excluding carboxylic acids is 1.